The van der Waals surface area contributed by atoms with Gasteiger partial charge in [-0.15, -0.1) is 0 Å². The maximum Gasteiger partial charge on any atom is 0.333 e. The Bertz CT molecular complexity index is 1110. The molecular formula is C32H47ClN2O4. The molecule has 0 radical (unpaired) electrons. The zero-order valence-electron chi connectivity index (χ0n) is 24.8. The number of phenolic OH excluding ortho intramolecular Hbond substituents is 1. The molecule has 7 heteroatoms. The summed E-state index contributed by atoms with van der Waals surface area (Å²) in [5.74, 6) is 0.624. The second-order valence-electron chi connectivity index (χ2n) is 12.9. The minimum Gasteiger partial charge on any atom is -0.506 e. The van der Waals surface area contributed by atoms with Gasteiger partial charge in [-0.05, 0) is 86.8 Å². The van der Waals surface area contributed by atoms with E-state index in [2.05, 4.69) is 45.6 Å². The molecule has 3 rings (SSSR count). The van der Waals surface area contributed by atoms with Crippen LogP contribution in [0, 0.1) is 17.3 Å². The summed E-state index contributed by atoms with van der Waals surface area (Å²) in [7, 11) is 1.41. The van der Waals surface area contributed by atoms with E-state index in [1.807, 2.05) is 19.1 Å². The predicted octanol–water partition coefficient (Wildman–Crippen LogP) is 7.27. The highest BCUT2D eigenvalue weighted by atomic mass is 35.5. The highest BCUT2D eigenvalue weighted by molar-refractivity contribution is 6.32. The Kier molecular flexibility index (Phi) is 10.5. The van der Waals surface area contributed by atoms with E-state index in [0.29, 0.717) is 28.9 Å². The lowest BCUT2D eigenvalue weighted by Crippen LogP contribution is -2.57. The van der Waals surface area contributed by atoms with Gasteiger partial charge < -0.3 is 14.9 Å². The summed E-state index contributed by atoms with van der Waals surface area (Å²) < 4.78 is 4.95. The molecule has 0 saturated heterocycles. The summed E-state index contributed by atoms with van der Waals surface area (Å²) >= 11 is 6.08. The van der Waals surface area contributed by atoms with E-state index in [-0.39, 0.29) is 29.9 Å². The number of halogens is 1. The van der Waals surface area contributed by atoms with Crippen LogP contribution in [0.4, 0.5) is 0 Å². The zero-order valence-corrected chi connectivity index (χ0v) is 25.5. The van der Waals surface area contributed by atoms with Crippen molar-refractivity contribution in [3.63, 3.8) is 0 Å². The number of nitrogens with zero attached hydrogens (tertiary/aromatic N) is 2. The van der Waals surface area contributed by atoms with Crippen LogP contribution < -0.4 is 0 Å². The van der Waals surface area contributed by atoms with E-state index in [4.69, 9.17) is 21.3 Å². The van der Waals surface area contributed by atoms with Gasteiger partial charge in [0.1, 0.15) is 11.4 Å². The van der Waals surface area contributed by atoms with E-state index in [0.717, 1.165) is 49.8 Å². The molecule has 2 aliphatic rings. The minimum atomic E-state index is -0.610. The second kappa shape index (κ2) is 13.0. The fourth-order valence-corrected chi connectivity index (χ4v) is 6.54. The van der Waals surface area contributed by atoms with Gasteiger partial charge in [-0.1, -0.05) is 70.0 Å². The molecule has 2 aliphatic carbocycles. The van der Waals surface area contributed by atoms with Crippen molar-refractivity contribution in [3.05, 3.63) is 52.1 Å². The number of aliphatic hydroxyl groups is 1. The number of hydrogen-bond donors (Lipinski definition) is 2. The van der Waals surface area contributed by atoms with Crippen LogP contribution >= 0.6 is 11.6 Å². The third-order valence-corrected chi connectivity index (χ3v) is 8.50. The molecule has 3 unspecified atom stereocenters. The highest BCUT2D eigenvalue weighted by Gasteiger charge is 2.46. The molecule has 1 saturated carbocycles. The molecule has 0 aliphatic heterocycles. The van der Waals surface area contributed by atoms with Gasteiger partial charge in [-0.25, -0.2) is 9.69 Å². The van der Waals surface area contributed by atoms with Crippen LogP contribution in [0.25, 0.3) is 0 Å². The third kappa shape index (κ3) is 7.96. The van der Waals surface area contributed by atoms with Crippen LogP contribution in [0.3, 0.4) is 0 Å². The molecule has 0 heterocycles. The third-order valence-electron chi connectivity index (χ3n) is 8.18. The molecule has 1 fully saturated rings. The first-order valence-electron chi connectivity index (χ1n) is 14.2. The van der Waals surface area contributed by atoms with Crippen molar-refractivity contribution < 1.29 is 19.7 Å². The van der Waals surface area contributed by atoms with Crippen LogP contribution in [-0.4, -0.2) is 52.3 Å². The van der Waals surface area contributed by atoms with Crippen LogP contribution in [0.15, 0.2) is 46.5 Å². The lowest BCUT2D eigenvalue weighted by Gasteiger charge is -2.51. The topological polar surface area (TPSA) is 82.4 Å². The SMILES string of the molecule is COC(=O)C1=CC=C(C(CCC(C)(C)C)N(CO)C2(N=C(C)c3ccc(Cl)c(O)c3)CC(C)CC(C)C2)CC1. The number of carbonyl (C=O) groups excluding carboxylic acids is 1. The van der Waals surface area contributed by atoms with E-state index in [1.54, 1.807) is 12.1 Å². The number of hydrogen-bond acceptors (Lipinski definition) is 6. The Morgan fingerprint density at radius 2 is 1.87 bits per heavy atom. The first kappa shape index (κ1) is 31.4. The van der Waals surface area contributed by atoms with Crippen molar-refractivity contribution in [3.8, 4) is 5.75 Å². The fourth-order valence-electron chi connectivity index (χ4n) is 6.42. The molecule has 39 heavy (non-hydrogen) atoms. The first-order chi connectivity index (χ1) is 18.3. The van der Waals surface area contributed by atoms with E-state index >= 15 is 0 Å². The standard InChI is InChI=1S/C32H47ClN2O4/c1-21-16-22(2)19-32(18-21,34-23(3)26-12-13-27(33)29(37)17-26)35(20-36)28(14-15-31(4,5)6)24-8-10-25(11-9-24)30(38)39-7/h8,10,12-13,17,21-22,28,36-37H,9,11,14-16,18-20H2,1-7H3. The van der Waals surface area contributed by atoms with Gasteiger partial charge in [-0.2, -0.15) is 0 Å². The predicted molar refractivity (Wildman–Crippen MR) is 159 cm³/mol. The van der Waals surface area contributed by atoms with Gasteiger partial charge in [0.05, 0.1) is 18.9 Å². The summed E-state index contributed by atoms with van der Waals surface area (Å²) in [5, 5.41) is 21.6. The number of esters is 1. The van der Waals surface area contributed by atoms with Gasteiger partial charge >= 0.3 is 5.97 Å². The first-order valence-corrected chi connectivity index (χ1v) is 14.6. The van der Waals surface area contributed by atoms with Gasteiger partial charge in [0, 0.05) is 17.3 Å². The van der Waals surface area contributed by atoms with Gasteiger partial charge in [0.2, 0.25) is 0 Å². The lowest BCUT2D eigenvalue weighted by atomic mass is 9.74. The number of rotatable bonds is 9. The zero-order chi connectivity index (χ0) is 29.0. The highest BCUT2D eigenvalue weighted by Crippen LogP contribution is 2.45. The quantitative estimate of drug-likeness (QED) is 0.189. The van der Waals surface area contributed by atoms with Crippen molar-refractivity contribution >= 4 is 23.3 Å². The van der Waals surface area contributed by atoms with Gasteiger partial charge in [0.25, 0.3) is 0 Å². The Morgan fingerprint density at radius 1 is 1.21 bits per heavy atom. The largest absolute Gasteiger partial charge is 0.506 e. The van der Waals surface area contributed by atoms with Crippen molar-refractivity contribution in [1.82, 2.24) is 4.90 Å². The Hall–Kier alpha value is -2.15. The van der Waals surface area contributed by atoms with E-state index < -0.39 is 5.66 Å². The Balaban J connectivity index is 2.12. The number of aromatic hydroxyl groups is 1. The number of methoxy groups -OCH3 is 1. The van der Waals surface area contributed by atoms with Crippen molar-refractivity contribution in [2.45, 2.75) is 98.2 Å². The van der Waals surface area contributed by atoms with Crippen LogP contribution in [0.5, 0.6) is 5.75 Å². The van der Waals surface area contributed by atoms with Crippen LogP contribution in [0.2, 0.25) is 5.02 Å². The number of allylic oxidation sites excluding steroid dienone is 2. The number of phenols is 1. The summed E-state index contributed by atoms with van der Waals surface area (Å²) in [5.41, 5.74) is 3.03. The molecular weight excluding hydrogens is 512 g/mol. The molecule has 1 aromatic rings. The second-order valence-corrected chi connectivity index (χ2v) is 13.3. The number of carbonyl (C=O) groups is 1. The maximum atomic E-state index is 12.1. The molecule has 2 N–H and O–H groups in total. The lowest BCUT2D eigenvalue weighted by molar-refractivity contribution is -0.136. The molecule has 0 spiro atoms. The van der Waals surface area contributed by atoms with Crippen molar-refractivity contribution in [2.24, 2.45) is 22.2 Å². The molecule has 6 nitrogen and oxygen atoms in total. The molecule has 0 amide bonds. The molecule has 3 atom stereocenters. The maximum absolute atomic E-state index is 12.1. The molecule has 216 valence electrons. The molecule has 0 bridgehead atoms. The average Bonchev–Trinajstić information content (AvgIpc) is 2.86. The number of aliphatic hydroxyl groups excluding tert-OH is 1. The number of aliphatic imine (C=N–C) groups is 1. The number of benzene rings is 1. The molecule has 0 aromatic heterocycles. The normalized spacial score (nSPS) is 25.2. The Morgan fingerprint density at radius 3 is 2.38 bits per heavy atom. The minimum absolute atomic E-state index is 0.0302. The number of ether oxygens (including phenoxy) is 1. The smallest absolute Gasteiger partial charge is 0.333 e. The van der Waals surface area contributed by atoms with Gasteiger partial charge in [-0.3, -0.25) is 4.99 Å². The van der Waals surface area contributed by atoms with E-state index in [9.17, 15) is 15.0 Å². The van der Waals surface area contributed by atoms with Crippen molar-refractivity contribution in [2.75, 3.05) is 13.8 Å². The Labute approximate surface area is 239 Å². The monoisotopic (exact) mass is 558 g/mol. The molecule has 1 aromatic carbocycles. The summed E-state index contributed by atoms with van der Waals surface area (Å²) in [4.78, 5) is 19.8. The average molecular weight is 559 g/mol. The van der Waals surface area contributed by atoms with Gasteiger partial charge in [0.15, 0.2) is 0 Å². The summed E-state index contributed by atoms with van der Waals surface area (Å²) in [6.45, 7) is 13.1. The fraction of sp³-hybridized carbons (Fsp3) is 0.625. The van der Waals surface area contributed by atoms with Crippen LogP contribution in [-0.2, 0) is 9.53 Å². The van der Waals surface area contributed by atoms with Crippen LogP contribution in [0.1, 0.15) is 92.1 Å². The summed E-state index contributed by atoms with van der Waals surface area (Å²) in [6, 6.07) is 5.21. The van der Waals surface area contributed by atoms with Crippen molar-refractivity contribution in [1.29, 1.82) is 0 Å². The van der Waals surface area contributed by atoms with E-state index in [1.165, 1.54) is 12.7 Å². The summed E-state index contributed by atoms with van der Waals surface area (Å²) in [6.07, 6.45) is 9.94.